The highest BCUT2D eigenvalue weighted by molar-refractivity contribution is 5.97. The van der Waals surface area contributed by atoms with Crippen LogP contribution in [0.3, 0.4) is 0 Å². The Bertz CT molecular complexity index is 794. The van der Waals surface area contributed by atoms with Crippen molar-refractivity contribution in [1.82, 2.24) is 9.55 Å². The van der Waals surface area contributed by atoms with Crippen molar-refractivity contribution in [3.8, 4) is 0 Å². The van der Waals surface area contributed by atoms with E-state index in [1.807, 2.05) is 13.8 Å². The third-order valence-corrected chi connectivity index (χ3v) is 3.28. The van der Waals surface area contributed by atoms with Gasteiger partial charge in [0.05, 0.1) is 5.70 Å². The molecule has 0 unspecified atom stereocenters. The molecule has 140 valence electrons. The molecular formula is C18H27N7O. The zero-order valence-electron chi connectivity index (χ0n) is 15.6. The summed E-state index contributed by atoms with van der Waals surface area (Å²) in [4.78, 5) is 15.5. The van der Waals surface area contributed by atoms with E-state index in [9.17, 15) is 4.79 Å². The van der Waals surface area contributed by atoms with Gasteiger partial charge in [-0.2, -0.15) is 0 Å². The molecule has 0 atom stereocenters. The Balaban J connectivity index is 0.00000301. The van der Waals surface area contributed by atoms with Crippen molar-refractivity contribution in [2.45, 2.75) is 20.8 Å². The summed E-state index contributed by atoms with van der Waals surface area (Å²) >= 11 is 0. The van der Waals surface area contributed by atoms with Crippen molar-refractivity contribution in [1.29, 1.82) is 10.8 Å². The van der Waals surface area contributed by atoms with Crippen molar-refractivity contribution in [3.63, 3.8) is 0 Å². The first-order chi connectivity index (χ1) is 12.2. The maximum absolute atomic E-state index is 11.1. The van der Waals surface area contributed by atoms with E-state index in [-0.39, 0.29) is 11.3 Å². The molecule has 0 saturated carbocycles. The fourth-order valence-corrected chi connectivity index (χ4v) is 1.99. The number of imidazole rings is 1. The third-order valence-electron chi connectivity index (χ3n) is 3.28. The molecule has 0 aliphatic rings. The van der Waals surface area contributed by atoms with Crippen molar-refractivity contribution >= 4 is 29.6 Å². The lowest BCUT2D eigenvalue weighted by molar-refractivity contribution is -0.114. The minimum atomic E-state index is -0.691. The lowest BCUT2D eigenvalue weighted by Crippen LogP contribution is -2.14. The zero-order valence-corrected chi connectivity index (χ0v) is 15.6. The standard InChI is InChI=1S/C16H21N7O.C2H6/c1-9(15(21)24)6-13(20)11(7-18)10(2)16-22-14(8-23(16)3)12(19)4-5-17;1-2/h4-8,17-18H,1,19-20H2,2-3H3,(H2,21,24);1-2H3/b11-10+,12-4-,13-6+,17-5?,18-7?;. The van der Waals surface area contributed by atoms with E-state index in [0.717, 1.165) is 12.4 Å². The number of aromatic nitrogens is 2. The highest BCUT2D eigenvalue weighted by atomic mass is 16.1. The number of aryl methyl sites for hydroxylation is 1. The van der Waals surface area contributed by atoms with Gasteiger partial charge in [-0.05, 0) is 19.1 Å². The molecule has 8 N–H and O–H groups in total. The Morgan fingerprint density at radius 3 is 2.31 bits per heavy atom. The van der Waals surface area contributed by atoms with Gasteiger partial charge >= 0.3 is 0 Å². The molecule has 0 fully saturated rings. The number of allylic oxidation sites excluding steroid dienone is 3. The number of amides is 1. The van der Waals surface area contributed by atoms with E-state index in [2.05, 4.69) is 11.6 Å². The molecule has 1 aromatic heterocycles. The number of carbonyl (C=O) groups is 1. The Labute approximate surface area is 153 Å². The highest BCUT2D eigenvalue weighted by Gasteiger charge is 2.14. The molecule has 26 heavy (non-hydrogen) atoms. The van der Waals surface area contributed by atoms with Gasteiger partial charge in [-0.25, -0.2) is 4.98 Å². The number of hydrogen-bond donors (Lipinski definition) is 5. The topological polar surface area (TPSA) is 161 Å². The third kappa shape index (κ3) is 5.59. The fraction of sp³-hybridized carbons (Fsp3) is 0.222. The van der Waals surface area contributed by atoms with Crippen molar-refractivity contribution < 1.29 is 4.79 Å². The van der Waals surface area contributed by atoms with Crippen LogP contribution in [0.2, 0.25) is 0 Å². The Morgan fingerprint density at radius 1 is 1.27 bits per heavy atom. The molecular weight excluding hydrogens is 330 g/mol. The molecule has 0 spiro atoms. The number of nitrogens with two attached hydrogens (primary N) is 3. The molecule has 0 radical (unpaired) electrons. The molecule has 1 rings (SSSR count). The number of hydrogen-bond acceptors (Lipinski definition) is 6. The molecule has 8 heteroatoms. The number of rotatable bonds is 7. The van der Waals surface area contributed by atoms with Crippen LogP contribution in [0.15, 0.2) is 41.8 Å². The first-order valence-electron chi connectivity index (χ1n) is 7.90. The van der Waals surface area contributed by atoms with Crippen LogP contribution in [-0.2, 0) is 11.8 Å². The van der Waals surface area contributed by atoms with E-state index in [0.29, 0.717) is 28.4 Å². The summed E-state index contributed by atoms with van der Waals surface area (Å²) in [7, 11) is 1.77. The van der Waals surface area contributed by atoms with Gasteiger partial charge < -0.3 is 32.6 Å². The quantitative estimate of drug-likeness (QED) is 0.285. The average molecular weight is 357 g/mol. The summed E-state index contributed by atoms with van der Waals surface area (Å²) in [6, 6.07) is 0. The molecule has 0 aliphatic heterocycles. The lowest BCUT2D eigenvalue weighted by Gasteiger charge is -2.09. The second-order valence-corrected chi connectivity index (χ2v) is 5.02. The summed E-state index contributed by atoms with van der Waals surface area (Å²) in [5, 5.41) is 14.7. The van der Waals surface area contributed by atoms with Gasteiger partial charge in [0.1, 0.15) is 11.5 Å². The smallest absolute Gasteiger partial charge is 0.248 e. The first kappa shape index (κ1) is 22.6. The van der Waals surface area contributed by atoms with E-state index in [4.69, 9.17) is 28.0 Å². The summed E-state index contributed by atoms with van der Waals surface area (Å²) in [6.07, 6.45) is 6.59. The molecule has 8 nitrogen and oxygen atoms in total. The van der Waals surface area contributed by atoms with Crippen LogP contribution in [0.1, 0.15) is 32.3 Å². The number of nitrogens with zero attached hydrogens (tertiary/aromatic N) is 2. The van der Waals surface area contributed by atoms with Crippen LogP contribution in [-0.4, -0.2) is 27.9 Å². The van der Waals surface area contributed by atoms with Crippen LogP contribution in [0.4, 0.5) is 0 Å². The van der Waals surface area contributed by atoms with E-state index < -0.39 is 5.91 Å². The van der Waals surface area contributed by atoms with Gasteiger partial charge in [0, 0.05) is 48.1 Å². The predicted octanol–water partition coefficient (Wildman–Crippen LogP) is 1.70. The predicted molar refractivity (Wildman–Crippen MR) is 107 cm³/mol. The first-order valence-corrected chi connectivity index (χ1v) is 7.90. The van der Waals surface area contributed by atoms with Gasteiger partial charge in [-0.3, -0.25) is 4.79 Å². The van der Waals surface area contributed by atoms with E-state index in [1.54, 1.807) is 24.7 Å². The molecule has 0 bridgehead atoms. The van der Waals surface area contributed by atoms with Gasteiger partial charge in [0.25, 0.3) is 0 Å². The van der Waals surface area contributed by atoms with Crippen LogP contribution in [0.5, 0.6) is 0 Å². The largest absolute Gasteiger partial charge is 0.398 e. The molecule has 0 saturated heterocycles. The van der Waals surface area contributed by atoms with Gasteiger partial charge in [0.15, 0.2) is 0 Å². The zero-order chi connectivity index (χ0) is 20.4. The van der Waals surface area contributed by atoms with Crippen molar-refractivity contribution in [3.05, 3.63) is 53.3 Å². The molecule has 0 aromatic carbocycles. The maximum Gasteiger partial charge on any atom is 0.248 e. The number of carbonyl (C=O) groups excluding carboxylic acids is 1. The van der Waals surface area contributed by atoms with Crippen LogP contribution in [0, 0.1) is 10.8 Å². The molecule has 1 amide bonds. The highest BCUT2D eigenvalue weighted by Crippen LogP contribution is 2.21. The number of primary amides is 1. The lowest BCUT2D eigenvalue weighted by atomic mass is 10.0. The summed E-state index contributed by atoms with van der Waals surface area (Å²) in [5.74, 6) is -0.144. The van der Waals surface area contributed by atoms with E-state index in [1.165, 1.54) is 12.2 Å². The van der Waals surface area contributed by atoms with Gasteiger partial charge in [-0.15, -0.1) is 0 Å². The summed E-state index contributed by atoms with van der Waals surface area (Å²) in [5.41, 5.74) is 19.0. The minimum Gasteiger partial charge on any atom is -0.398 e. The second-order valence-electron chi connectivity index (χ2n) is 5.02. The van der Waals surface area contributed by atoms with Crippen molar-refractivity contribution in [2.75, 3.05) is 0 Å². The Hall–Kier alpha value is -3.42. The average Bonchev–Trinajstić information content (AvgIpc) is 2.99. The van der Waals surface area contributed by atoms with Gasteiger partial charge in [-0.1, -0.05) is 20.4 Å². The molecule has 1 heterocycles. The van der Waals surface area contributed by atoms with Crippen molar-refractivity contribution in [2.24, 2.45) is 24.2 Å². The minimum absolute atomic E-state index is 0.0401. The normalized spacial score (nSPS) is 12.5. The maximum atomic E-state index is 11.1. The second kappa shape index (κ2) is 10.4. The molecule has 0 aliphatic carbocycles. The Kier molecular flexibility index (Phi) is 9.07. The van der Waals surface area contributed by atoms with Crippen LogP contribution in [0.25, 0.3) is 11.3 Å². The number of nitrogens with one attached hydrogen (secondary N) is 2. The Morgan fingerprint density at radius 2 is 1.85 bits per heavy atom. The van der Waals surface area contributed by atoms with Gasteiger partial charge in [0.2, 0.25) is 5.91 Å². The SMILES string of the molecule is C=C(/C=C(N)\C(C=N)=C(/C)c1nc(/C(N)=C/C=N)cn1C)C(N)=O.CC. The van der Waals surface area contributed by atoms with E-state index >= 15 is 0 Å². The summed E-state index contributed by atoms with van der Waals surface area (Å²) < 4.78 is 1.73. The van der Waals surface area contributed by atoms with Crippen LogP contribution >= 0.6 is 0 Å². The fourth-order valence-electron chi connectivity index (χ4n) is 1.99. The summed E-state index contributed by atoms with van der Waals surface area (Å²) in [6.45, 7) is 9.26. The monoisotopic (exact) mass is 357 g/mol. The molecule has 1 aromatic rings. The van der Waals surface area contributed by atoms with Crippen LogP contribution < -0.4 is 17.2 Å².